The van der Waals surface area contributed by atoms with Crippen LogP contribution >= 0.6 is 0 Å². The highest BCUT2D eigenvalue weighted by atomic mass is 16.5. The van der Waals surface area contributed by atoms with Crippen LogP contribution in [0.3, 0.4) is 0 Å². The minimum atomic E-state index is -0.370. The molecule has 0 saturated carbocycles. The number of para-hydroxylation sites is 1. The molecule has 0 bridgehead atoms. The van der Waals surface area contributed by atoms with E-state index in [-0.39, 0.29) is 27.1 Å². The number of ether oxygens (including phenoxy) is 1. The first kappa shape index (κ1) is 44.9. The quantitative estimate of drug-likeness (QED) is 0.160. The number of nitrogens with zero attached hydrogens (tertiary/aromatic N) is 4. The van der Waals surface area contributed by atoms with Gasteiger partial charge in [0.2, 0.25) is 0 Å². The summed E-state index contributed by atoms with van der Waals surface area (Å²) in [6.07, 6.45) is 1.95. The third-order valence-corrected chi connectivity index (χ3v) is 13.8. The summed E-state index contributed by atoms with van der Waals surface area (Å²) in [7, 11) is 0. The van der Waals surface area contributed by atoms with E-state index in [0.717, 1.165) is 34.0 Å². The summed E-state index contributed by atoms with van der Waals surface area (Å²) in [5, 5.41) is 2.40. The molecule has 0 saturated heterocycles. The van der Waals surface area contributed by atoms with Gasteiger partial charge in [0.15, 0.2) is 0 Å². The van der Waals surface area contributed by atoms with E-state index in [9.17, 15) is 0 Å². The molecule has 1 aliphatic rings. The van der Waals surface area contributed by atoms with E-state index in [1.165, 1.54) is 61.2 Å². The summed E-state index contributed by atoms with van der Waals surface area (Å²) in [5.74, 6) is 2.48. The summed E-state index contributed by atoms with van der Waals surface area (Å²) < 4.78 is 9.65. The molecule has 0 amide bonds. The Bertz CT molecular complexity index is 3110. The number of fused-ring (bicyclic) bond motifs is 4. The molecule has 0 spiro atoms. The molecule has 8 aromatic rings. The van der Waals surface area contributed by atoms with E-state index in [4.69, 9.17) is 9.72 Å². The van der Waals surface area contributed by atoms with Gasteiger partial charge in [0.25, 0.3) is 0 Å². The van der Waals surface area contributed by atoms with Gasteiger partial charge in [0, 0.05) is 45.9 Å². The molecular formula is C61H68N4O. The van der Waals surface area contributed by atoms with Gasteiger partial charge in [-0.2, -0.15) is 0 Å². The van der Waals surface area contributed by atoms with Crippen LogP contribution in [-0.2, 0) is 27.1 Å². The third-order valence-electron chi connectivity index (χ3n) is 13.8. The predicted molar refractivity (Wildman–Crippen MR) is 280 cm³/mol. The van der Waals surface area contributed by atoms with Crippen LogP contribution in [0.1, 0.15) is 130 Å². The van der Waals surface area contributed by atoms with Crippen molar-refractivity contribution >= 4 is 44.6 Å². The molecule has 66 heavy (non-hydrogen) atoms. The summed E-state index contributed by atoms with van der Waals surface area (Å²) in [6, 6.07) is 51.5. The van der Waals surface area contributed by atoms with Gasteiger partial charge in [0.05, 0.1) is 22.4 Å². The van der Waals surface area contributed by atoms with Gasteiger partial charge in [-0.15, -0.1) is 0 Å². The second-order valence-electron chi connectivity index (χ2n) is 23.2. The summed E-state index contributed by atoms with van der Waals surface area (Å²) >= 11 is 0. The zero-order valence-corrected chi connectivity index (χ0v) is 41.8. The topological polar surface area (TPSA) is 33.5 Å². The molecule has 5 heteroatoms. The first-order valence-corrected chi connectivity index (χ1v) is 23.7. The van der Waals surface area contributed by atoms with Crippen LogP contribution in [0.25, 0.3) is 27.6 Å². The first-order valence-electron chi connectivity index (χ1n) is 23.7. The number of pyridine rings is 1. The highest BCUT2D eigenvalue weighted by Gasteiger charge is 2.33. The van der Waals surface area contributed by atoms with Crippen LogP contribution in [0.4, 0.5) is 22.7 Å². The van der Waals surface area contributed by atoms with Crippen LogP contribution in [0, 0.1) is 0 Å². The van der Waals surface area contributed by atoms with Gasteiger partial charge < -0.3 is 14.5 Å². The Hall–Kier alpha value is -6.33. The number of hydrogen-bond donors (Lipinski definition) is 0. The Kier molecular flexibility index (Phi) is 10.8. The van der Waals surface area contributed by atoms with Crippen molar-refractivity contribution < 1.29 is 4.74 Å². The van der Waals surface area contributed by atoms with Crippen molar-refractivity contribution in [1.82, 2.24) is 9.55 Å². The second-order valence-corrected chi connectivity index (χ2v) is 23.2. The van der Waals surface area contributed by atoms with Crippen LogP contribution in [-0.4, -0.2) is 16.2 Å². The van der Waals surface area contributed by atoms with Gasteiger partial charge in [-0.3, -0.25) is 4.57 Å². The lowest BCUT2D eigenvalue weighted by Crippen LogP contribution is -2.25. The highest BCUT2D eigenvalue weighted by molar-refractivity contribution is 6.12. The molecule has 0 atom stereocenters. The Morgan fingerprint density at radius 2 is 1.03 bits per heavy atom. The minimum Gasteiger partial charge on any atom is -0.457 e. The molecule has 0 unspecified atom stereocenters. The van der Waals surface area contributed by atoms with Crippen LogP contribution in [0.5, 0.6) is 11.5 Å². The lowest BCUT2D eigenvalue weighted by atomic mass is 9.76. The van der Waals surface area contributed by atoms with Crippen molar-refractivity contribution in [2.75, 3.05) is 16.5 Å². The molecule has 5 nitrogen and oxygen atoms in total. The van der Waals surface area contributed by atoms with E-state index in [1.54, 1.807) is 0 Å². The van der Waals surface area contributed by atoms with Crippen molar-refractivity contribution in [3.63, 3.8) is 0 Å². The van der Waals surface area contributed by atoms with Crippen molar-refractivity contribution in [3.05, 3.63) is 179 Å². The molecule has 0 aliphatic carbocycles. The van der Waals surface area contributed by atoms with Gasteiger partial charge in [-0.05, 0) is 116 Å². The normalized spacial score (nSPS) is 13.8. The summed E-state index contributed by atoms with van der Waals surface area (Å²) in [5.41, 5.74) is 13.8. The maximum absolute atomic E-state index is 7.32. The number of hydrogen-bond acceptors (Lipinski definition) is 4. The van der Waals surface area contributed by atoms with E-state index in [1.807, 2.05) is 6.20 Å². The summed E-state index contributed by atoms with van der Waals surface area (Å²) in [6.45, 7) is 32.8. The maximum atomic E-state index is 7.32. The van der Waals surface area contributed by atoms with Gasteiger partial charge in [-0.1, -0.05) is 164 Å². The third kappa shape index (κ3) is 8.27. The Morgan fingerprint density at radius 1 is 0.439 bits per heavy atom. The molecule has 9 rings (SSSR count). The Labute approximate surface area is 394 Å². The first-order chi connectivity index (χ1) is 31.0. The molecule has 338 valence electrons. The average Bonchev–Trinajstić information content (AvgIpc) is 3.81. The fourth-order valence-electron chi connectivity index (χ4n) is 9.56. The SMILES string of the molecule is CC(C)(C)c1cccc(N2CN(c3cc(Oc4cc(C(C)(C)c5ccccc5)c5c6ccccc6n(-c6cc(C(C)(C)C)ccn6)c5c4)cc(C(C)(C)C)c3)c3cc(C(C)(C)C)ccc32)c1. The van der Waals surface area contributed by atoms with Gasteiger partial charge >= 0.3 is 0 Å². The predicted octanol–water partition coefficient (Wildman–Crippen LogP) is 16.7. The number of rotatable bonds is 7. The lowest BCUT2D eigenvalue weighted by molar-refractivity contribution is 0.477. The van der Waals surface area contributed by atoms with Crippen molar-refractivity contribution in [1.29, 1.82) is 0 Å². The molecular weight excluding hydrogens is 805 g/mol. The van der Waals surface area contributed by atoms with Crippen LogP contribution in [0.2, 0.25) is 0 Å². The minimum absolute atomic E-state index is 0.0161. The monoisotopic (exact) mass is 873 g/mol. The van der Waals surface area contributed by atoms with E-state index in [0.29, 0.717) is 6.67 Å². The maximum Gasteiger partial charge on any atom is 0.137 e. The van der Waals surface area contributed by atoms with Crippen LogP contribution < -0.4 is 14.5 Å². The van der Waals surface area contributed by atoms with E-state index in [2.05, 4.69) is 251 Å². The fraction of sp³-hybridized carbons (Fsp3) is 0.328. The molecule has 0 radical (unpaired) electrons. The molecule has 6 aromatic carbocycles. The molecule has 2 aromatic heterocycles. The largest absolute Gasteiger partial charge is 0.457 e. The second kappa shape index (κ2) is 15.9. The fourth-order valence-corrected chi connectivity index (χ4v) is 9.56. The smallest absolute Gasteiger partial charge is 0.137 e. The zero-order valence-electron chi connectivity index (χ0n) is 41.8. The zero-order chi connectivity index (χ0) is 47.1. The van der Waals surface area contributed by atoms with Crippen molar-refractivity contribution in [2.24, 2.45) is 0 Å². The standard InChI is InChI=1S/C61H68N4O/c1-57(2,3)41-23-20-24-45(31-41)63-39-64(53-34-42(58(4,5)6)27-28-52(53)63)46-32-44(60(10,11)12)33-47(36-46)66-48-37-50(61(13,14)40-21-16-15-17-22-40)56-49-25-18-19-26-51(49)65(54(56)38-48)55-35-43(29-30-62-55)59(7,8)9/h15-38H,39H2,1-14H3. The Morgan fingerprint density at radius 3 is 1.73 bits per heavy atom. The van der Waals surface area contributed by atoms with Crippen molar-refractivity contribution in [2.45, 2.75) is 124 Å². The lowest BCUT2D eigenvalue weighted by Gasteiger charge is -2.29. The molecule has 0 N–H and O–H groups in total. The van der Waals surface area contributed by atoms with Crippen LogP contribution in [0.15, 0.2) is 146 Å². The highest BCUT2D eigenvalue weighted by Crippen LogP contribution is 2.49. The number of anilines is 4. The number of aromatic nitrogens is 2. The molecule has 3 heterocycles. The molecule has 0 fully saturated rings. The summed E-state index contributed by atoms with van der Waals surface area (Å²) in [4.78, 5) is 10.00. The average molecular weight is 873 g/mol. The Balaban J connectivity index is 1.25. The van der Waals surface area contributed by atoms with E-state index >= 15 is 0 Å². The van der Waals surface area contributed by atoms with Gasteiger partial charge in [-0.25, -0.2) is 4.98 Å². The number of benzene rings is 6. The van der Waals surface area contributed by atoms with Gasteiger partial charge in [0.1, 0.15) is 24.0 Å². The molecule has 1 aliphatic heterocycles. The van der Waals surface area contributed by atoms with Crippen molar-refractivity contribution in [3.8, 4) is 17.3 Å². The van der Waals surface area contributed by atoms with E-state index < -0.39 is 0 Å².